The molecular weight excluding hydrogens is 290 g/mol. The Morgan fingerprint density at radius 2 is 1.38 bits per heavy atom. The Hall–Kier alpha value is -2.80. The van der Waals surface area contributed by atoms with E-state index in [4.69, 9.17) is 0 Å². The second-order valence-electron chi connectivity index (χ2n) is 6.36. The Morgan fingerprint density at radius 3 is 2.12 bits per heavy atom. The lowest BCUT2D eigenvalue weighted by Crippen LogP contribution is -2.06. The zero-order chi connectivity index (χ0) is 16.4. The van der Waals surface area contributed by atoms with Crippen molar-refractivity contribution in [1.82, 2.24) is 4.98 Å². The van der Waals surface area contributed by atoms with Gasteiger partial charge in [0.05, 0.1) is 0 Å². The molecule has 3 aromatic carbocycles. The van der Waals surface area contributed by atoms with Crippen LogP contribution in [0.3, 0.4) is 0 Å². The number of aromatic amines is 1. The van der Waals surface area contributed by atoms with Crippen molar-refractivity contribution in [2.75, 3.05) is 0 Å². The van der Waals surface area contributed by atoms with Gasteiger partial charge in [0.2, 0.25) is 0 Å². The lowest BCUT2D eigenvalue weighted by Gasteiger charge is -2.19. The van der Waals surface area contributed by atoms with E-state index in [2.05, 4.69) is 96.8 Å². The Balaban J connectivity index is 1.87. The molecule has 1 nitrogen and oxygen atoms in total. The summed E-state index contributed by atoms with van der Waals surface area (Å²) in [6, 6.07) is 30.2. The van der Waals surface area contributed by atoms with E-state index >= 15 is 0 Å². The van der Waals surface area contributed by atoms with Gasteiger partial charge in [-0.3, -0.25) is 0 Å². The number of aryl methyl sites for hydroxylation is 1. The van der Waals surface area contributed by atoms with Gasteiger partial charge in [-0.25, -0.2) is 0 Å². The van der Waals surface area contributed by atoms with Gasteiger partial charge in [-0.1, -0.05) is 78.9 Å². The summed E-state index contributed by atoms with van der Waals surface area (Å²) in [7, 11) is 0. The molecule has 1 N–H and O–H groups in total. The van der Waals surface area contributed by atoms with E-state index in [1.165, 1.54) is 33.3 Å². The predicted molar refractivity (Wildman–Crippen MR) is 101 cm³/mol. The Morgan fingerprint density at radius 1 is 0.750 bits per heavy atom. The summed E-state index contributed by atoms with van der Waals surface area (Å²) >= 11 is 0. The van der Waals surface area contributed by atoms with Crippen LogP contribution in [0.5, 0.6) is 0 Å². The van der Waals surface area contributed by atoms with Crippen LogP contribution in [-0.2, 0) is 6.42 Å². The average molecular weight is 311 g/mol. The highest BCUT2D eigenvalue weighted by molar-refractivity contribution is 5.85. The highest BCUT2D eigenvalue weighted by Crippen LogP contribution is 2.35. The predicted octanol–water partition coefficient (Wildman–Crippen LogP) is 5.85. The van der Waals surface area contributed by atoms with Crippen molar-refractivity contribution in [3.63, 3.8) is 0 Å². The summed E-state index contributed by atoms with van der Waals surface area (Å²) in [6.07, 6.45) is 1.01. The third-order valence-corrected chi connectivity index (χ3v) is 4.78. The topological polar surface area (TPSA) is 15.8 Å². The molecule has 1 unspecified atom stereocenters. The first-order chi connectivity index (χ1) is 11.8. The lowest BCUT2D eigenvalue weighted by molar-refractivity contribution is 0.804. The second kappa shape index (κ2) is 6.37. The van der Waals surface area contributed by atoms with Crippen LogP contribution >= 0.6 is 0 Å². The van der Waals surface area contributed by atoms with Gasteiger partial charge in [-0.2, -0.15) is 0 Å². The third-order valence-electron chi connectivity index (χ3n) is 4.78. The molecule has 1 atom stereocenters. The molecular formula is C23H21N. The molecule has 0 saturated carbocycles. The van der Waals surface area contributed by atoms with Crippen LogP contribution in [0.2, 0.25) is 0 Å². The molecule has 0 saturated heterocycles. The first-order valence-corrected chi connectivity index (χ1v) is 8.49. The van der Waals surface area contributed by atoms with Gasteiger partial charge in [0.25, 0.3) is 0 Å². The van der Waals surface area contributed by atoms with Gasteiger partial charge in [-0.15, -0.1) is 0 Å². The summed E-state index contributed by atoms with van der Waals surface area (Å²) < 4.78 is 0. The maximum absolute atomic E-state index is 3.56. The van der Waals surface area contributed by atoms with E-state index in [1.54, 1.807) is 0 Å². The maximum atomic E-state index is 3.56. The van der Waals surface area contributed by atoms with Crippen LogP contribution in [0.15, 0.2) is 84.9 Å². The summed E-state index contributed by atoms with van der Waals surface area (Å²) in [4.78, 5) is 3.56. The van der Waals surface area contributed by atoms with Crippen molar-refractivity contribution in [2.45, 2.75) is 19.3 Å². The fraction of sp³-hybridized carbons (Fsp3) is 0.130. The molecule has 1 heteroatoms. The number of fused-ring (bicyclic) bond motifs is 1. The minimum atomic E-state index is 0.352. The molecule has 0 amide bonds. The zero-order valence-electron chi connectivity index (χ0n) is 13.9. The van der Waals surface area contributed by atoms with Crippen molar-refractivity contribution < 1.29 is 0 Å². The number of nitrogens with one attached hydrogen (secondary N) is 1. The summed E-state index contributed by atoms with van der Waals surface area (Å²) in [6.45, 7) is 2.19. The number of benzene rings is 3. The number of rotatable bonds is 4. The zero-order valence-corrected chi connectivity index (χ0v) is 13.9. The second-order valence-corrected chi connectivity index (χ2v) is 6.36. The molecule has 0 bridgehead atoms. The van der Waals surface area contributed by atoms with Crippen LogP contribution in [-0.4, -0.2) is 4.98 Å². The minimum Gasteiger partial charge on any atom is -0.358 e. The summed E-state index contributed by atoms with van der Waals surface area (Å²) in [5, 5.41) is 1.33. The normalized spacial score (nSPS) is 12.4. The monoisotopic (exact) mass is 311 g/mol. The molecule has 1 heterocycles. The first kappa shape index (κ1) is 14.8. The molecule has 0 fully saturated rings. The summed E-state index contributed by atoms with van der Waals surface area (Å²) in [5.41, 5.74) is 6.64. The van der Waals surface area contributed by atoms with Crippen LogP contribution < -0.4 is 0 Å². The minimum absolute atomic E-state index is 0.352. The van der Waals surface area contributed by atoms with Gasteiger partial charge in [0.1, 0.15) is 0 Å². The fourth-order valence-electron chi connectivity index (χ4n) is 3.67. The van der Waals surface area contributed by atoms with Crippen LogP contribution in [0.4, 0.5) is 0 Å². The van der Waals surface area contributed by atoms with E-state index in [1.807, 2.05) is 0 Å². The van der Waals surface area contributed by atoms with Crippen LogP contribution in [0.1, 0.15) is 28.3 Å². The average Bonchev–Trinajstić information content (AvgIpc) is 2.97. The van der Waals surface area contributed by atoms with Crippen LogP contribution in [0, 0.1) is 6.92 Å². The number of H-pyrrole nitrogens is 1. The van der Waals surface area contributed by atoms with Gasteiger partial charge < -0.3 is 4.98 Å². The first-order valence-electron chi connectivity index (χ1n) is 8.49. The van der Waals surface area contributed by atoms with E-state index in [9.17, 15) is 0 Å². The number of para-hydroxylation sites is 1. The molecule has 0 spiro atoms. The van der Waals surface area contributed by atoms with Crippen molar-refractivity contribution >= 4 is 10.9 Å². The maximum Gasteiger partial charge on any atom is 0.0459 e. The quantitative estimate of drug-likeness (QED) is 0.486. The molecule has 118 valence electrons. The number of aromatic nitrogens is 1. The summed E-state index contributed by atoms with van der Waals surface area (Å²) in [5.74, 6) is 0.352. The molecule has 0 radical (unpaired) electrons. The van der Waals surface area contributed by atoms with Crippen molar-refractivity contribution in [3.8, 4) is 0 Å². The van der Waals surface area contributed by atoms with E-state index in [0.29, 0.717) is 5.92 Å². The smallest absolute Gasteiger partial charge is 0.0459 e. The van der Waals surface area contributed by atoms with Crippen molar-refractivity contribution in [1.29, 1.82) is 0 Å². The molecule has 1 aromatic heterocycles. The van der Waals surface area contributed by atoms with Gasteiger partial charge in [-0.05, 0) is 36.1 Å². The van der Waals surface area contributed by atoms with Crippen LogP contribution in [0.25, 0.3) is 10.9 Å². The molecule has 0 aliphatic rings. The Labute approximate surface area is 143 Å². The SMILES string of the molecule is Cc1[nH]c2ccccc2c1C(Cc1ccccc1)c1ccccc1. The van der Waals surface area contributed by atoms with Gasteiger partial charge >= 0.3 is 0 Å². The Bertz CT molecular complexity index is 936. The Kier molecular flexibility index (Phi) is 3.92. The highest BCUT2D eigenvalue weighted by atomic mass is 14.7. The van der Waals surface area contributed by atoms with E-state index < -0.39 is 0 Å². The lowest BCUT2D eigenvalue weighted by atomic mass is 9.84. The van der Waals surface area contributed by atoms with Gasteiger partial charge in [0, 0.05) is 22.5 Å². The molecule has 4 rings (SSSR count). The third kappa shape index (κ3) is 2.74. The molecule has 24 heavy (non-hydrogen) atoms. The number of hydrogen-bond acceptors (Lipinski definition) is 0. The standard InChI is InChI=1S/C23H21N/c1-17-23(20-14-8-9-15-22(20)24-17)21(19-12-6-3-7-13-19)16-18-10-4-2-5-11-18/h2-15,21,24H,16H2,1H3. The fourth-order valence-corrected chi connectivity index (χ4v) is 3.67. The van der Waals surface area contributed by atoms with Gasteiger partial charge in [0.15, 0.2) is 0 Å². The number of hydrogen-bond donors (Lipinski definition) is 1. The van der Waals surface area contributed by atoms with E-state index in [-0.39, 0.29) is 0 Å². The largest absolute Gasteiger partial charge is 0.358 e. The van der Waals surface area contributed by atoms with E-state index in [0.717, 1.165) is 6.42 Å². The molecule has 4 aromatic rings. The highest BCUT2D eigenvalue weighted by Gasteiger charge is 2.21. The molecule has 0 aliphatic heterocycles. The van der Waals surface area contributed by atoms with Crippen molar-refractivity contribution in [2.24, 2.45) is 0 Å². The van der Waals surface area contributed by atoms with Crippen molar-refractivity contribution in [3.05, 3.63) is 107 Å². The molecule has 0 aliphatic carbocycles.